The molecule has 15 heteroatoms. The van der Waals surface area contributed by atoms with Crippen molar-refractivity contribution in [2.24, 2.45) is 5.16 Å². The van der Waals surface area contributed by atoms with Crippen molar-refractivity contribution in [3.63, 3.8) is 0 Å². The predicted octanol–water partition coefficient (Wildman–Crippen LogP) is 0.748. The lowest BCUT2D eigenvalue weighted by molar-refractivity contribution is -0.647. The number of aromatic nitrogens is 2. The highest BCUT2D eigenvalue weighted by Gasteiger charge is 2.54. The van der Waals surface area contributed by atoms with E-state index in [0.717, 1.165) is 21.8 Å². The average molecular weight is 555 g/mol. The molecule has 0 bridgehead atoms. The summed E-state index contributed by atoms with van der Waals surface area (Å²) in [6.45, 7) is 0. The van der Waals surface area contributed by atoms with Gasteiger partial charge in [-0.15, -0.1) is 34.9 Å². The summed E-state index contributed by atoms with van der Waals surface area (Å²) in [6, 6.07) is 3.04. The van der Waals surface area contributed by atoms with E-state index < -0.39 is 28.5 Å². The number of amides is 2. The summed E-state index contributed by atoms with van der Waals surface area (Å²) in [5.74, 6) is -0.0745. The highest BCUT2D eigenvalue weighted by Crippen LogP contribution is 2.42. The van der Waals surface area contributed by atoms with E-state index in [2.05, 4.69) is 20.9 Å². The fourth-order valence-electron chi connectivity index (χ4n) is 3.50. The Morgan fingerprint density at radius 2 is 2.17 bits per heavy atom. The van der Waals surface area contributed by atoms with Crippen LogP contribution in [0.25, 0.3) is 0 Å². The van der Waals surface area contributed by atoms with Crippen LogP contribution in [0.2, 0.25) is 0 Å². The smallest absolute Gasteiger partial charge is 0.276 e. The van der Waals surface area contributed by atoms with Gasteiger partial charge in [-0.2, -0.15) is 5.43 Å². The van der Waals surface area contributed by atoms with E-state index in [9.17, 15) is 14.4 Å². The van der Waals surface area contributed by atoms with E-state index in [1.165, 1.54) is 35.5 Å². The number of anilines is 1. The van der Waals surface area contributed by atoms with Crippen LogP contribution in [0.4, 0.5) is 5.13 Å². The van der Waals surface area contributed by atoms with Gasteiger partial charge in [-0.05, 0) is 17.2 Å². The standard InChI is InChI=1S/C20H20ClN7O4S3/c1-23-27-5-3-11(4-6-27)33-7-10-8-34-19-14(18(31)28(19)15(10)16(21)29)25-17(30)13(26-32-2)12-9-35-20(22)24-12/h3-6,9,14,19,23H,7-8H2,1-2H3,(H2-,22,24,25,30)/p+1/b26-13-/t14-,19-/m1/s1. The molecule has 0 saturated carbocycles. The molecule has 184 valence electrons. The molecule has 11 nitrogen and oxygen atoms in total. The van der Waals surface area contributed by atoms with Gasteiger partial charge in [-0.3, -0.25) is 19.3 Å². The molecule has 0 aromatic carbocycles. The maximum Gasteiger partial charge on any atom is 0.276 e. The number of pyridine rings is 1. The number of oxime groups is 1. The third-order valence-corrected chi connectivity index (χ3v) is 8.44. The monoisotopic (exact) mass is 554 g/mol. The van der Waals surface area contributed by atoms with Crippen molar-refractivity contribution in [2.45, 2.75) is 16.3 Å². The number of nitrogens with one attached hydrogen (secondary N) is 2. The Bertz CT molecular complexity index is 1220. The fraction of sp³-hybridized carbons (Fsp3) is 0.300. The number of allylic oxidation sites excluding steroid dienone is 1. The highest BCUT2D eigenvalue weighted by atomic mass is 35.5. The highest BCUT2D eigenvalue weighted by molar-refractivity contribution is 8.01. The molecule has 2 aliphatic rings. The molecule has 35 heavy (non-hydrogen) atoms. The van der Waals surface area contributed by atoms with Gasteiger partial charge in [0.15, 0.2) is 10.8 Å². The van der Waals surface area contributed by atoms with Gasteiger partial charge in [0.05, 0.1) is 7.05 Å². The van der Waals surface area contributed by atoms with E-state index in [0.29, 0.717) is 11.5 Å². The summed E-state index contributed by atoms with van der Waals surface area (Å²) < 4.78 is 1.80. The number of thiazole rings is 1. The first-order valence-electron chi connectivity index (χ1n) is 10.2. The number of nitrogens with two attached hydrogens (primary N) is 1. The molecule has 0 aliphatic carbocycles. The van der Waals surface area contributed by atoms with Crippen molar-refractivity contribution in [2.75, 3.05) is 36.8 Å². The zero-order chi connectivity index (χ0) is 25.1. The summed E-state index contributed by atoms with van der Waals surface area (Å²) in [5, 5.41) is 7.08. The van der Waals surface area contributed by atoms with Crippen molar-refractivity contribution < 1.29 is 23.9 Å². The van der Waals surface area contributed by atoms with E-state index in [4.69, 9.17) is 22.2 Å². The minimum atomic E-state index is -0.850. The summed E-state index contributed by atoms with van der Waals surface area (Å²) in [6.07, 6.45) is 3.76. The second-order valence-electron chi connectivity index (χ2n) is 7.23. The SMILES string of the molecule is CN[n+]1ccc(SCC2=C(C(=O)Cl)N3C(=O)[C@@H](NC(=O)/C(=N\OC)c4csc(N)n4)[C@H]3SC2)cc1. The fourth-order valence-corrected chi connectivity index (χ4v) is 6.65. The summed E-state index contributed by atoms with van der Waals surface area (Å²) in [7, 11) is 3.11. The van der Waals surface area contributed by atoms with Crippen LogP contribution in [0.5, 0.6) is 0 Å². The lowest BCUT2D eigenvalue weighted by Gasteiger charge is -2.49. The number of carbonyl (C=O) groups is 3. The molecule has 2 aromatic heterocycles. The first kappa shape index (κ1) is 25.3. The summed E-state index contributed by atoms with van der Waals surface area (Å²) >= 11 is 10.0. The number of nitrogen functional groups attached to an aromatic ring is 1. The lowest BCUT2D eigenvalue weighted by atomic mass is 10.0. The van der Waals surface area contributed by atoms with Gasteiger partial charge in [0.1, 0.15) is 29.9 Å². The zero-order valence-electron chi connectivity index (χ0n) is 18.6. The Kier molecular flexibility index (Phi) is 7.84. The van der Waals surface area contributed by atoms with Crippen molar-refractivity contribution in [1.29, 1.82) is 0 Å². The number of nitrogens with zero attached hydrogens (tertiary/aromatic N) is 4. The third kappa shape index (κ3) is 5.24. The maximum atomic E-state index is 13.0. The summed E-state index contributed by atoms with van der Waals surface area (Å²) in [5.41, 5.74) is 9.72. The molecule has 4 heterocycles. The van der Waals surface area contributed by atoms with Gasteiger partial charge < -0.3 is 15.9 Å². The topological polar surface area (TPSA) is 143 Å². The molecule has 2 aliphatic heterocycles. The quantitative estimate of drug-likeness (QED) is 0.102. The number of halogens is 1. The van der Waals surface area contributed by atoms with Crippen LogP contribution in [-0.2, 0) is 19.2 Å². The lowest BCUT2D eigenvalue weighted by Crippen LogP contribution is -2.71. The average Bonchev–Trinajstić information content (AvgIpc) is 3.29. The first-order valence-corrected chi connectivity index (χ1v) is 13.4. The minimum Gasteiger partial charge on any atom is -0.398 e. The van der Waals surface area contributed by atoms with Gasteiger partial charge in [0.2, 0.25) is 12.4 Å². The number of β-lactam (4-membered cyclic amide) rings is 1. The van der Waals surface area contributed by atoms with E-state index in [1.807, 2.05) is 31.6 Å². The molecule has 4 rings (SSSR count). The normalized spacial score (nSPS) is 19.7. The van der Waals surface area contributed by atoms with Gasteiger partial charge in [0, 0.05) is 33.9 Å². The number of fused-ring (bicyclic) bond motifs is 1. The number of carbonyl (C=O) groups excluding carboxylic acids is 3. The van der Waals surface area contributed by atoms with Crippen LogP contribution in [-0.4, -0.2) is 69.7 Å². The molecule has 4 N–H and O–H groups in total. The van der Waals surface area contributed by atoms with Crippen LogP contribution in [0.3, 0.4) is 0 Å². The summed E-state index contributed by atoms with van der Waals surface area (Å²) in [4.78, 5) is 49.3. The van der Waals surface area contributed by atoms with Crippen LogP contribution < -0.4 is 21.2 Å². The molecule has 2 atom stereocenters. The molecule has 2 amide bonds. The Morgan fingerprint density at radius 1 is 1.43 bits per heavy atom. The van der Waals surface area contributed by atoms with Gasteiger partial charge in [0.25, 0.3) is 17.1 Å². The second-order valence-corrected chi connectivity index (χ2v) is 10.6. The van der Waals surface area contributed by atoms with E-state index in [-0.39, 0.29) is 22.2 Å². The van der Waals surface area contributed by atoms with Gasteiger partial charge >= 0.3 is 0 Å². The van der Waals surface area contributed by atoms with E-state index >= 15 is 0 Å². The zero-order valence-corrected chi connectivity index (χ0v) is 21.8. The van der Waals surface area contributed by atoms with Gasteiger partial charge in [-0.25, -0.2) is 4.98 Å². The first-order chi connectivity index (χ1) is 16.8. The molecule has 0 radical (unpaired) electrons. The Labute approximate surface area is 218 Å². The second kappa shape index (κ2) is 10.8. The molecule has 1 saturated heterocycles. The molecular formula is C20H21ClN7O4S3+. The number of hydrogen-bond acceptors (Lipinski definition) is 11. The minimum absolute atomic E-state index is 0.101. The number of thioether (sulfide) groups is 2. The van der Waals surface area contributed by atoms with Crippen LogP contribution in [0.15, 0.2) is 51.2 Å². The van der Waals surface area contributed by atoms with Crippen LogP contribution >= 0.6 is 46.5 Å². The Balaban J connectivity index is 1.47. The van der Waals surface area contributed by atoms with Gasteiger partial charge in [-0.1, -0.05) is 9.83 Å². The largest absolute Gasteiger partial charge is 0.398 e. The molecule has 2 aromatic rings. The predicted molar refractivity (Wildman–Crippen MR) is 136 cm³/mol. The molecule has 0 unspecified atom stereocenters. The van der Waals surface area contributed by atoms with Crippen molar-refractivity contribution >= 4 is 74.4 Å². The Morgan fingerprint density at radius 3 is 2.77 bits per heavy atom. The molecular weight excluding hydrogens is 534 g/mol. The van der Waals surface area contributed by atoms with Crippen LogP contribution in [0, 0.1) is 0 Å². The third-order valence-electron chi connectivity index (χ3n) is 5.15. The molecule has 0 spiro atoms. The van der Waals surface area contributed by atoms with Crippen molar-refractivity contribution in [3.05, 3.63) is 46.9 Å². The Hall–Kier alpha value is -2.81. The van der Waals surface area contributed by atoms with Crippen molar-refractivity contribution in [1.82, 2.24) is 15.2 Å². The maximum absolute atomic E-state index is 13.0. The van der Waals surface area contributed by atoms with Crippen LogP contribution in [0.1, 0.15) is 5.69 Å². The van der Waals surface area contributed by atoms with Crippen molar-refractivity contribution in [3.8, 4) is 0 Å². The van der Waals surface area contributed by atoms with E-state index in [1.54, 1.807) is 10.1 Å². The number of rotatable bonds is 9. The molecule has 1 fully saturated rings. The number of hydrogen-bond donors (Lipinski definition) is 3.